The van der Waals surface area contributed by atoms with Gasteiger partial charge in [0.05, 0.1) is 5.39 Å². The molecule has 0 unspecified atom stereocenters. The molecule has 118 valence electrons. The Morgan fingerprint density at radius 2 is 1.74 bits per heavy atom. The molecule has 0 saturated heterocycles. The van der Waals surface area contributed by atoms with Crippen molar-refractivity contribution in [3.63, 3.8) is 0 Å². The maximum Gasteiger partial charge on any atom is 0.281 e. The first-order valence-corrected chi connectivity index (χ1v) is 8.83. The second kappa shape index (κ2) is 7.38. The third-order valence-electron chi connectivity index (χ3n) is 3.80. The van der Waals surface area contributed by atoms with Crippen molar-refractivity contribution in [3.05, 3.63) is 65.0 Å². The molecule has 0 radical (unpaired) electrons. The molecule has 0 amide bonds. The average Bonchev–Trinajstić information content (AvgIpc) is 2.59. The Kier molecular flexibility index (Phi) is 5.03. The number of anilines is 2. The van der Waals surface area contributed by atoms with Crippen LogP contribution in [-0.4, -0.2) is 11.5 Å². The summed E-state index contributed by atoms with van der Waals surface area (Å²) in [4.78, 5) is 18.8. The van der Waals surface area contributed by atoms with Gasteiger partial charge < -0.3 is 4.90 Å². The Hall–Kier alpha value is -2.20. The zero-order valence-electron chi connectivity index (χ0n) is 13.2. The van der Waals surface area contributed by atoms with Crippen LogP contribution in [0.3, 0.4) is 0 Å². The molecule has 0 aliphatic carbocycles. The third kappa shape index (κ3) is 3.59. The number of unbranched alkanes of at least 4 members (excludes halogenated alkanes) is 2. The predicted molar refractivity (Wildman–Crippen MR) is 98.9 cm³/mol. The van der Waals surface area contributed by atoms with Crippen molar-refractivity contribution in [1.82, 2.24) is 4.98 Å². The maximum absolute atomic E-state index is 12.3. The third-order valence-corrected chi connectivity index (χ3v) is 4.87. The smallest absolute Gasteiger partial charge is 0.281 e. The van der Waals surface area contributed by atoms with E-state index in [1.165, 1.54) is 12.8 Å². The lowest BCUT2D eigenvalue weighted by Crippen LogP contribution is -2.21. The van der Waals surface area contributed by atoms with Gasteiger partial charge in [0.15, 0.2) is 5.13 Å². The Labute approximate surface area is 140 Å². The van der Waals surface area contributed by atoms with Gasteiger partial charge in [-0.1, -0.05) is 61.4 Å². The van der Waals surface area contributed by atoms with Crippen LogP contribution in [0.4, 0.5) is 10.8 Å². The summed E-state index contributed by atoms with van der Waals surface area (Å²) in [6.45, 7) is 3.07. The lowest BCUT2D eigenvalue weighted by molar-refractivity contribution is 0.715. The molecule has 3 nitrogen and oxygen atoms in total. The highest BCUT2D eigenvalue weighted by atomic mass is 32.1. The Bertz CT molecular complexity index is 829. The monoisotopic (exact) mass is 324 g/mol. The number of hydrogen-bond acceptors (Lipinski definition) is 4. The summed E-state index contributed by atoms with van der Waals surface area (Å²) < 4.78 is 0.985. The summed E-state index contributed by atoms with van der Waals surface area (Å²) in [7, 11) is 0. The quantitative estimate of drug-likeness (QED) is 0.599. The summed E-state index contributed by atoms with van der Waals surface area (Å²) in [5.74, 6) is 0. The van der Waals surface area contributed by atoms with Gasteiger partial charge in [-0.2, -0.15) is 4.98 Å². The SMILES string of the molecule is CCCCCN(c1ccccc1)c1nc(=O)c2ccccc2s1. The van der Waals surface area contributed by atoms with E-state index in [2.05, 4.69) is 28.9 Å². The topological polar surface area (TPSA) is 33.2 Å². The number of para-hydroxylation sites is 1. The Balaban J connectivity index is 2.03. The lowest BCUT2D eigenvalue weighted by Gasteiger charge is -2.23. The van der Waals surface area contributed by atoms with Crippen LogP contribution in [0, 0.1) is 0 Å². The van der Waals surface area contributed by atoms with Gasteiger partial charge in [-0.15, -0.1) is 0 Å². The highest BCUT2D eigenvalue weighted by molar-refractivity contribution is 7.21. The first-order chi connectivity index (χ1) is 11.3. The van der Waals surface area contributed by atoms with Crippen LogP contribution >= 0.6 is 11.3 Å². The van der Waals surface area contributed by atoms with E-state index in [4.69, 9.17) is 0 Å². The fraction of sp³-hybridized carbons (Fsp3) is 0.263. The van der Waals surface area contributed by atoms with Crippen LogP contribution in [0.1, 0.15) is 26.2 Å². The molecule has 2 aromatic carbocycles. The molecule has 1 heterocycles. The molecule has 23 heavy (non-hydrogen) atoms. The largest absolute Gasteiger partial charge is 0.318 e. The van der Waals surface area contributed by atoms with Crippen molar-refractivity contribution in [1.29, 1.82) is 0 Å². The molecule has 1 aromatic heterocycles. The van der Waals surface area contributed by atoms with Gasteiger partial charge in [0.2, 0.25) is 0 Å². The first kappa shape index (κ1) is 15.7. The van der Waals surface area contributed by atoms with Crippen LogP contribution in [0.5, 0.6) is 0 Å². The van der Waals surface area contributed by atoms with Crippen molar-refractivity contribution >= 4 is 32.2 Å². The van der Waals surface area contributed by atoms with Gasteiger partial charge in [0.1, 0.15) is 0 Å². The molecule has 0 bridgehead atoms. The van der Waals surface area contributed by atoms with Gasteiger partial charge in [-0.05, 0) is 30.7 Å². The number of hydrogen-bond donors (Lipinski definition) is 0. The fourth-order valence-corrected chi connectivity index (χ4v) is 3.62. The Morgan fingerprint density at radius 1 is 1.00 bits per heavy atom. The van der Waals surface area contributed by atoms with Crippen LogP contribution in [0.15, 0.2) is 59.4 Å². The van der Waals surface area contributed by atoms with E-state index in [1.54, 1.807) is 11.3 Å². The average molecular weight is 324 g/mol. The van der Waals surface area contributed by atoms with Crippen molar-refractivity contribution in [2.24, 2.45) is 0 Å². The molecule has 0 atom stereocenters. The molecule has 0 fully saturated rings. The van der Waals surface area contributed by atoms with Crippen LogP contribution < -0.4 is 10.5 Å². The summed E-state index contributed by atoms with van der Waals surface area (Å²) in [6, 6.07) is 17.9. The molecule has 0 N–H and O–H groups in total. The first-order valence-electron chi connectivity index (χ1n) is 8.02. The fourth-order valence-electron chi connectivity index (χ4n) is 2.58. The number of nitrogens with zero attached hydrogens (tertiary/aromatic N) is 2. The van der Waals surface area contributed by atoms with Crippen LogP contribution in [-0.2, 0) is 0 Å². The van der Waals surface area contributed by atoms with Crippen molar-refractivity contribution < 1.29 is 0 Å². The van der Waals surface area contributed by atoms with E-state index < -0.39 is 0 Å². The van der Waals surface area contributed by atoms with Gasteiger partial charge in [-0.25, -0.2) is 0 Å². The van der Waals surface area contributed by atoms with E-state index in [0.29, 0.717) is 5.39 Å². The lowest BCUT2D eigenvalue weighted by atomic mass is 10.2. The van der Waals surface area contributed by atoms with Gasteiger partial charge in [-0.3, -0.25) is 4.79 Å². The van der Waals surface area contributed by atoms with E-state index >= 15 is 0 Å². The molecule has 0 spiro atoms. The molecular weight excluding hydrogens is 304 g/mol. The molecule has 0 aliphatic rings. The summed E-state index contributed by atoms with van der Waals surface area (Å²) in [5.41, 5.74) is 0.938. The predicted octanol–water partition coefficient (Wildman–Crippen LogP) is 4.98. The van der Waals surface area contributed by atoms with Gasteiger partial charge in [0, 0.05) is 16.9 Å². The van der Waals surface area contributed by atoms with E-state index in [1.807, 2.05) is 42.5 Å². The number of benzene rings is 2. The zero-order valence-corrected chi connectivity index (χ0v) is 14.1. The summed E-state index contributed by atoms with van der Waals surface area (Å²) in [5, 5.41) is 1.47. The van der Waals surface area contributed by atoms with E-state index in [-0.39, 0.29) is 5.56 Å². The minimum Gasteiger partial charge on any atom is -0.318 e. The second-order valence-corrected chi connectivity index (χ2v) is 6.50. The highest BCUT2D eigenvalue weighted by Gasteiger charge is 2.13. The minimum absolute atomic E-state index is 0.147. The van der Waals surface area contributed by atoms with Crippen molar-refractivity contribution in [2.75, 3.05) is 11.4 Å². The van der Waals surface area contributed by atoms with Crippen molar-refractivity contribution in [2.45, 2.75) is 26.2 Å². The van der Waals surface area contributed by atoms with E-state index in [9.17, 15) is 4.79 Å². The number of aromatic nitrogens is 1. The van der Waals surface area contributed by atoms with Gasteiger partial charge in [0.25, 0.3) is 5.56 Å². The highest BCUT2D eigenvalue weighted by Crippen LogP contribution is 2.30. The molecule has 3 rings (SSSR count). The standard InChI is InChI=1S/C19H20N2OS/c1-2-3-9-14-21(15-10-5-4-6-11-15)19-20-18(22)16-12-7-8-13-17(16)23-19/h4-8,10-13H,2-3,9,14H2,1H3. The second-order valence-electron chi connectivity index (χ2n) is 5.49. The van der Waals surface area contributed by atoms with Crippen LogP contribution in [0.25, 0.3) is 10.1 Å². The molecule has 0 saturated carbocycles. The number of rotatable bonds is 6. The molecular formula is C19H20N2OS. The van der Waals surface area contributed by atoms with Crippen molar-refractivity contribution in [3.8, 4) is 0 Å². The summed E-state index contributed by atoms with van der Waals surface area (Å²) in [6.07, 6.45) is 3.43. The Morgan fingerprint density at radius 3 is 2.52 bits per heavy atom. The zero-order chi connectivity index (χ0) is 16.1. The summed E-state index contributed by atoms with van der Waals surface area (Å²) >= 11 is 1.58. The van der Waals surface area contributed by atoms with Crippen LogP contribution in [0.2, 0.25) is 0 Å². The number of fused-ring (bicyclic) bond motifs is 1. The van der Waals surface area contributed by atoms with E-state index in [0.717, 1.165) is 28.5 Å². The molecule has 3 aromatic rings. The molecule has 0 aliphatic heterocycles. The van der Waals surface area contributed by atoms with Gasteiger partial charge >= 0.3 is 0 Å². The maximum atomic E-state index is 12.3. The minimum atomic E-state index is -0.147. The normalized spacial score (nSPS) is 10.8. The molecule has 4 heteroatoms.